The second-order valence-electron chi connectivity index (χ2n) is 4.98. The van der Waals surface area contributed by atoms with E-state index in [1.165, 1.54) is 6.20 Å². The third-order valence-corrected chi connectivity index (χ3v) is 3.19. The van der Waals surface area contributed by atoms with Crippen molar-refractivity contribution in [2.45, 2.75) is 26.1 Å². The average Bonchev–Trinajstić information content (AvgIpc) is 2.56. The SMILES string of the molecule is CCCNCc1cnc(Nc2cccc(Cl)c2)nc1C(F)(F)F.O=CO. The summed E-state index contributed by atoms with van der Waals surface area (Å²) in [6.07, 6.45) is -2.53. The average molecular weight is 391 g/mol. The van der Waals surface area contributed by atoms with Gasteiger partial charge in [0, 0.05) is 29.0 Å². The number of hydrogen-bond acceptors (Lipinski definition) is 5. The molecule has 1 heterocycles. The van der Waals surface area contributed by atoms with Crippen molar-refractivity contribution in [2.24, 2.45) is 0 Å². The van der Waals surface area contributed by atoms with Crippen LogP contribution in [-0.2, 0) is 17.5 Å². The van der Waals surface area contributed by atoms with E-state index in [0.717, 1.165) is 6.42 Å². The number of carbonyl (C=O) groups is 1. The highest BCUT2D eigenvalue weighted by Crippen LogP contribution is 2.31. The number of nitrogens with zero attached hydrogens (tertiary/aromatic N) is 2. The maximum Gasteiger partial charge on any atom is 0.433 e. The summed E-state index contributed by atoms with van der Waals surface area (Å²) in [7, 11) is 0. The van der Waals surface area contributed by atoms with Crippen molar-refractivity contribution in [3.8, 4) is 0 Å². The molecule has 0 radical (unpaired) electrons. The molecule has 2 aromatic rings. The summed E-state index contributed by atoms with van der Waals surface area (Å²) in [6.45, 7) is 2.38. The van der Waals surface area contributed by atoms with Crippen LogP contribution in [0.4, 0.5) is 24.8 Å². The molecule has 3 N–H and O–H groups in total. The molecule has 1 aromatic heterocycles. The number of nitrogens with one attached hydrogen (secondary N) is 2. The quantitative estimate of drug-likeness (QED) is 0.508. The summed E-state index contributed by atoms with van der Waals surface area (Å²) in [4.78, 5) is 15.9. The van der Waals surface area contributed by atoms with Crippen molar-refractivity contribution in [1.82, 2.24) is 15.3 Å². The van der Waals surface area contributed by atoms with E-state index < -0.39 is 11.9 Å². The molecule has 0 unspecified atom stereocenters. The molecule has 0 aliphatic heterocycles. The van der Waals surface area contributed by atoms with Crippen LogP contribution in [0.1, 0.15) is 24.6 Å². The number of halogens is 4. The summed E-state index contributed by atoms with van der Waals surface area (Å²) in [5.41, 5.74) is -0.411. The summed E-state index contributed by atoms with van der Waals surface area (Å²) < 4.78 is 39.5. The third-order valence-electron chi connectivity index (χ3n) is 2.96. The fourth-order valence-corrected chi connectivity index (χ4v) is 2.13. The third kappa shape index (κ3) is 7.24. The summed E-state index contributed by atoms with van der Waals surface area (Å²) >= 11 is 5.84. The molecule has 0 saturated carbocycles. The first-order valence-electron chi connectivity index (χ1n) is 7.56. The van der Waals surface area contributed by atoms with Gasteiger partial charge in [-0.25, -0.2) is 9.97 Å². The Morgan fingerprint density at radius 2 is 2.04 bits per heavy atom. The lowest BCUT2D eigenvalue weighted by Gasteiger charge is -2.14. The molecule has 2 rings (SSSR count). The van der Waals surface area contributed by atoms with Gasteiger partial charge >= 0.3 is 6.18 Å². The lowest BCUT2D eigenvalue weighted by Crippen LogP contribution is -2.20. The van der Waals surface area contributed by atoms with Gasteiger partial charge < -0.3 is 15.7 Å². The molecule has 0 aliphatic carbocycles. The maximum atomic E-state index is 13.2. The van der Waals surface area contributed by atoms with Gasteiger partial charge in [-0.05, 0) is 31.2 Å². The van der Waals surface area contributed by atoms with Gasteiger partial charge in [0.1, 0.15) is 0 Å². The Balaban J connectivity index is 0.00000105. The normalized spacial score (nSPS) is 10.7. The molecule has 0 aliphatic rings. The highest BCUT2D eigenvalue weighted by molar-refractivity contribution is 6.30. The number of benzene rings is 1. The minimum absolute atomic E-state index is 0.0163. The van der Waals surface area contributed by atoms with E-state index in [1.807, 2.05) is 6.92 Å². The maximum absolute atomic E-state index is 13.2. The molecule has 0 bridgehead atoms. The molecule has 0 fully saturated rings. The topological polar surface area (TPSA) is 87.1 Å². The highest BCUT2D eigenvalue weighted by Gasteiger charge is 2.36. The number of anilines is 2. The minimum atomic E-state index is -4.54. The van der Waals surface area contributed by atoms with Gasteiger partial charge in [0.2, 0.25) is 5.95 Å². The van der Waals surface area contributed by atoms with Gasteiger partial charge in [0.15, 0.2) is 5.69 Å². The second kappa shape index (κ2) is 10.6. The van der Waals surface area contributed by atoms with E-state index in [4.69, 9.17) is 21.5 Å². The van der Waals surface area contributed by atoms with Gasteiger partial charge in [-0.1, -0.05) is 24.6 Å². The Morgan fingerprint density at radius 1 is 1.35 bits per heavy atom. The molecule has 0 amide bonds. The Morgan fingerprint density at radius 3 is 2.62 bits per heavy atom. The van der Waals surface area contributed by atoms with E-state index in [1.54, 1.807) is 24.3 Å². The predicted octanol–water partition coefficient (Wildman–Crippen LogP) is 4.09. The number of hydrogen-bond donors (Lipinski definition) is 3. The van der Waals surface area contributed by atoms with Crippen LogP contribution in [0, 0.1) is 0 Å². The number of alkyl halides is 3. The van der Waals surface area contributed by atoms with Crippen molar-refractivity contribution in [1.29, 1.82) is 0 Å². The number of aromatic nitrogens is 2. The molecule has 26 heavy (non-hydrogen) atoms. The van der Waals surface area contributed by atoms with Crippen molar-refractivity contribution in [2.75, 3.05) is 11.9 Å². The second-order valence-corrected chi connectivity index (χ2v) is 5.42. The summed E-state index contributed by atoms with van der Waals surface area (Å²) in [5, 5.41) is 13.0. The van der Waals surface area contributed by atoms with Crippen LogP contribution in [-0.4, -0.2) is 28.1 Å². The molecule has 1 aromatic carbocycles. The van der Waals surface area contributed by atoms with Gasteiger partial charge in [0.05, 0.1) is 0 Å². The van der Waals surface area contributed by atoms with Crippen molar-refractivity contribution < 1.29 is 23.1 Å². The van der Waals surface area contributed by atoms with Gasteiger partial charge in [-0.3, -0.25) is 4.79 Å². The fourth-order valence-electron chi connectivity index (χ4n) is 1.94. The van der Waals surface area contributed by atoms with Crippen molar-refractivity contribution in [3.05, 3.63) is 46.7 Å². The monoisotopic (exact) mass is 390 g/mol. The zero-order chi connectivity index (χ0) is 19.6. The van der Waals surface area contributed by atoms with Crippen molar-refractivity contribution in [3.63, 3.8) is 0 Å². The van der Waals surface area contributed by atoms with Crippen LogP contribution in [0.15, 0.2) is 30.5 Å². The first-order valence-corrected chi connectivity index (χ1v) is 7.93. The Kier molecular flexibility index (Phi) is 8.80. The first kappa shape index (κ1) is 21.7. The van der Waals surface area contributed by atoms with E-state index in [0.29, 0.717) is 17.3 Å². The minimum Gasteiger partial charge on any atom is -0.483 e. The number of carboxylic acid groups (broad SMARTS) is 1. The smallest absolute Gasteiger partial charge is 0.433 e. The predicted molar refractivity (Wildman–Crippen MR) is 92.5 cm³/mol. The molecular weight excluding hydrogens is 373 g/mol. The van der Waals surface area contributed by atoms with E-state index in [9.17, 15) is 13.2 Å². The summed E-state index contributed by atoms with van der Waals surface area (Å²) in [6, 6.07) is 6.59. The molecule has 6 nitrogen and oxygen atoms in total. The standard InChI is InChI=1S/C15H16ClF3N4.CH2O2/c1-2-6-20-8-10-9-21-14(23-13(10)15(17,18)19)22-12-5-3-4-11(16)7-12;2-1-3/h3-5,7,9,20H,2,6,8H2,1H3,(H,21,22,23);1H,(H,2,3). The lowest BCUT2D eigenvalue weighted by molar-refractivity contribution is -0.141. The van der Waals surface area contributed by atoms with E-state index in [-0.39, 0.29) is 24.5 Å². The Bertz CT molecular complexity index is 714. The largest absolute Gasteiger partial charge is 0.483 e. The van der Waals surface area contributed by atoms with E-state index in [2.05, 4.69) is 20.6 Å². The van der Waals surface area contributed by atoms with Crippen LogP contribution < -0.4 is 10.6 Å². The highest BCUT2D eigenvalue weighted by atomic mass is 35.5. The lowest BCUT2D eigenvalue weighted by atomic mass is 10.2. The Labute approximate surface area is 153 Å². The molecule has 0 atom stereocenters. The van der Waals surface area contributed by atoms with Crippen molar-refractivity contribution >= 4 is 29.7 Å². The first-order chi connectivity index (χ1) is 12.3. The molecule has 142 valence electrons. The van der Waals surface area contributed by atoms with E-state index >= 15 is 0 Å². The fraction of sp³-hybridized carbons (Fsp3) is 0.312. The zero-order valence-corrected chi connectivity index (χ0v) is 14.6. The molecule has 0 spiro atoms. The molecule has 10 heteroatoms. The zero-order valence-electron chi connectivity index (χ0n) is 13.8. The number of rotatable bonds is 6. The van der Waals surface area contributed by atoms with Crippen LogP contribution in [0.3, 0.4) is 0 Å². The van der Waals surface area contributed by atoms with Crippen LogP contribution in [0.5, 0.6) is 0 Å². The van der Waals surface area contributed by atoms with Gasteiger partial charge in [-0.2, -0.15) is 13.2 Å². The van der Waals surface area contributed by atoms with Gasteiger partial charge in [-0.15, -0.1) is 0 Å². The molecular formula is C16H18ClF3N4O2. The van der Waals surface area contributed by atoms with Gasteiger partial charge in [0.25, 0.3) is 6.47 Å². The molecule has 0 saturated heterocycles. The summed E-state index contributed by atoms with van der Waals surface area (Å²) in [5.74, 6) is -0.126. The van der Waals surface area contributed by atoms with Crippen LogP contribution in [0.2, 0.25) is 5.02 Å². The van der Waals surface area contributed by atoms with Crippen LogP contribution >= 0.6 is 11.6 Å². The van der Waals surface area contributed by atoms with Crippen LogP contribution in [0.25, 0.3) is 0 Å². The Hall–Kier alpha value is -2.39.